The zero-order chi connectivity index (χ0) is 14.8. The Morgan fingerprint density at radius 1 is 0.619 bits per heavy atom. The Balaban J connectivity index is 1.95. The first-order chi connectivity index (χ1) is 10.1. The maximum absolute atomic E-state index is 2.72. The lowest BCUT2D eigenvalue weighted by atomic mass is 9.96. The largest absolute Gasteiger partial charge is 0.106 e. The van der Waals surface area contributed by atoms with E-state index in [-0.39, 0.29) is 0 Å². The fraction of sp³-hybridized carbons (Fsp3) is 0.100. The predicted octanol–water partition coefficient (Wildman–Crippen LogP) is 5.14. The van der Waals surface area contributed by atoms with Crippen molar-refractivity contribution in [1.29, 1.82) is 0 Å². The van der Waals surface area contributed by atoms with Gasteiger partial charge in [0.05, 0.1) is 0 Å². The quantitative estimate of drug-likeness (QED) is 0.573. The van der Waals surface area contributed by atoms with E-state index in [0.29, 0.717) is 0 Å². The summed E-state index contributed by atoms with van der Waals surface area (Å²) in [6, 6.07) is 24.0. The first-order valence-electron chi connectivity index (χ1n) is 7.17. The van der Waals surface area contributed by atoms with Crippen molar-refractivity contribution in [3.63, 3.8) is 0 Å². The molecule has 1 unspecified atom stereocenters. The highest BCUT2D eigenvalue weighted by molar-refractivity contribution is 7.27. The highest BCUT2D eigenvalue weighted by Crippen LogP contribution is 2.27. The van der Waals surface area contributed by atoms with E-state index >= 15 is 0 Å². The Morgan fingerprint density at radius 3 is 1.71 bits per heavy atom. The van der Waals surface area contributed by atoms with Crippen LogP contribution < -0.4 is 5.30 Å². The number of benzene rings is 3. The Hall–Kier alpha value is -1.91. The number of hydrogen-bond acceptors (Lipinski definition) is 0. The number of rotatable bonds is 2. The van der Waals surface area contributed by atoms with Crippen molar-refractivity contribution in [2.75, 3.05) is 0 Å². The van der Waals surface area contributed by atoms with E-state index in [1.165, 1.54) is 38.7 Å². The van der Waals surface area contributed by atoms with E-state index in [1.807, 2.05) is 0 Å². The summed E-state index contributed by atoms with van der Waals surface area (Å²) in [6.45, 7) is 4.31. The molecule has 104 valence electrons. The Labute approximate surface area is 129 Å². The molecule has 21 heavy (non-hydrogen) atoms. The van der Waals surface area contributed by atoms with Crippen LogP contribution in [0.3, 0.4) is 0 Å². The fourth-order valence-corrected chi connectivity index (χ4v) is 2.85. The van der Waals surface area contributed by atoms with Crippen molar-refractivity contribution in [1.82, 2.24) is 0 Å². The van der Waals surface area contributed by atoms with Gasteiger partial charge < -0.3 is 0 Å². The molecule has 3 aromatic rings. The SMILES string of the molecule is Cc1ccc(-c2ccc(-c3ccc(P)cc3)cc2)c(C)c1. The van der Waals surface area contributed by atoms with Crippen molar-refractivity contribution in [3.8, 4) is 22.3 Å². The Bertz CT molecular complexity index is 753. The molecular weight excluding hydrogens is 271 g/mol. The highest BCUT2D eigenvalue weighted by Gasteiger charge is 2.03. The van der Waals surface area contributed by atoms with Gasteiger partial charge in [0.15, 0.2) is 0 Å². The summed E-state index contributed by atoms with van der Waals surface area (Å²) in [6.07, 6.45) is 0. The molecule has 0 fully saturated rings. The average Bonchev–Trinajstić information content (AvgIpc) is 2.48. The molecule has 0 heterocycles. The molecule has 0 spiro atoms. The molecule has 0 bridgehead atoms. The van der Waals surface area contributed by atoms with E-state index in [0.717, 1.165) is 0 Å². The van der Waals surface area contributed by atoms with Gasteiger partial charge in [0.2, 0.25) is 0 Å². The molecule has 3 rings (SSSR count). The lowest BCUT2D eigenvalue weighted by Crippen LogP contribution is -1.88. The molecule has 0 aromatic heterocycles. The number of hydrogen-bond donors (Lipinski definition) is 0. The first kappa shape index (κ1) is 14.0. The van der Waals surface area contributed by atoms with Crippen LogP contribution in [-0.2, 0) is 0 Å². The van der Waals surface area contributed by atoms with Crippen molar-refractivity contribution < 1.29 is 0 Å². The van der Waals surface area contributed by atoms with Crippen molar-refractivity contribution >= 4 is 14.5 Å². The molecule has 0 nitrogen and oxygen atoms in total. The second-order valence-electron chi connectivity index (χ2n) is 5.52. The smallest absolute Gasteiger partial charge is 0.0155 e. The second kappa shape index (κ2) is 5.84. The highest BCUT2D eigenvalue weighted by atomic mass is 31.0. The summed E-state index contributed by atoms with van der Waals surface area (Å²) < 4.78 is 0. The van der Waals surface area contributed by atoms with Gasteiger partial charge in [-0.3, -0.25) is 0 Å². The van der Waals surface area contributed by atoms with Crippen LogP contribution in [0, 0.1) is 13.8 Å². The minimum Gasteiger partial charge on any atom is -0.106 e. The van der Waals surface area contributed by atoms with Crippen LogP contribution >= 0.6 is 9.24 Å². The maximum atomic E-state index is 2.72. The number of aryl methyl sites for hydroxylation is 2. The van der Waals surface area contributed by atoms with Gasteiger partial charge in [-0.05, 0) is 47.0 Å². The summed E-state index contributed by atoms with van der Waals surface area (Å²) in [7, 11) is 2.72. The normalized spacial score (nSPS) is 10.6. The lowest BCUT2D eigenvalue weighted by Gasteiger charge is -2.09. The molecule has 0 N–H and O–H groups in total. The van der Waals surface area contributed by atoms with Crippen LogP contribution in [0.4, 0.5) is 0 Å². The monoisotopic (exact) mass is 290 g/mol. The van der Waals surface area contributed by atoms with Crippen LogP contribution in [0.15, 0.2) is 66.7 Å². The molecular formula is C20H19P. The average molecular weight is 290 g/mol. The molecule has 3 aromatic carbocycles. The zero-order valence-corrected chi connectivity index (χ0v) is 13.6. The maximum Gasteiger partial charge on any atom is -0.0155 e. The van der Waals surface area contributed by atoms with Gasteiger partial charge in [-0.15, -0.1) is 9.24 Å². The first-order valence-corrected chi connectivity index (χ1v) is 7.75. The fourth-order valence-electron chi connectivity index (χ4n) is 2.66. The molecule has 0 aliphatic carbocycles. The van der Waals surface area contributed by atoms with Gasteiger partial charge in [-0.25, -0.2) is 0 Å². The van der Waals surface area contributed by atoms with Gasteiger partial charge in [-0.1, -0.05) is 72.3 Å². The molecule has 0 saturated heterocycles. The second-order valence-corrected chi connectivity index (χ2v) is 6.18. The van der Waals surface area contributed by atoms with Crippen molar-refractivity contribution in [2.24, 2.45) is 0 Å². The van der Waals surface area contributed by atoms with E-state index in [2.05, 4.69) is 89.8 Å². The van der Waals surface area contributed by atoms with E-state index in [4.69, 9.17) is 0 Å². The van der Waals surface area contributed by atoms with Gasteiger partial charge in [-0.2, -0.15) is 0 Å². The molecule has 0 aliphatic rings. The van der Waals surface area contributed by atoms with Crippen LogP contribution in [-0.4, -0.2) is 0 Å². The van der Waals surface area contributed by atoms with Crippen molar-refractivity contribution in [3.05, 3.63) is 77.9 Å². The molecule has 1 heteroatoms. The summed E-state index contributed by atoms with van der Waals surface area (Å²) in [5, 5.41) is 1.21. The topological polar surface area (TPSA) is 0 Å². The summed E-state index contributed by atoms with van der Waals surface area (Å²) >= 11 is 0. The molecule has 0 amide bonds. The van der Waals surface area contributed by atoms with Crippen LogP contribution in [0.2, 0.25) is 0 Å². The minimum atomic E-state index is 1.21. The predicted molar refractivity (Wildman–Crippen MR) is 96.1 cm³/mol. The summed E-state index contributed by atoms with van der Waals surface area (Å²) in [5.74, 6) is 0. The van der Waals surface area contributed by atoms with Gasteiger partial charge in [0.25, 0.3) is 0 Å². The summed E-state index contributed by atoms with van der Waals surface area (Å²) in [4.78, 5) is 0. The Morgan fingerprint density at radius 2 is 1.14 bits per heavy atom. The molecule has 0 aliphatic heterocycles. The molecule has 1 atom stereocenters. The van der Waals surface area contributed by atoms with E-state index in [1.54, 1.807) is 0 Å². The van der Waals surface area contributed by atoms with Gasteiger partial charge >= 0.3 is 0 Å². The van der Waals surface area contributed by atoms with Gasteiger partial charge in [0, 0.05) is 0 Å². The summed E-state index contributed by atoms with van der Waals surface area (Å²) in [5.41, 5.74) is 7.74. The van der Waals surface area contributed by atoms with Crippen LogP contribution in [0.25, 0.3) is 22.3 Å². The third-order valence-electron chi connectivity index (χ3n) is 3.82. The lowest BCUT2D eigenvalue weighted by molar-refractivity contribution is 1.38. The minimum absolute atomic E-state index is 1.21. The Kier molecular flexibility index (Phi) is 3.90. The van der Waals surface area contributed by atoms with Crippen LogP contribution in [0.5, 0.6) is 0 Å². The van der Waals surface area contributed by atoms with Crippen molar-refractivity contribution in [2.45, 2.75) is 13.8 Å². The van der Waals surface area contributed by atoms with E-state index < -0.39 is 0 Å². The van der Waals surface area contributed by atoms with Gasteiger partial charge in [0.1, 0.15) is 0 Å². The van der Waals surface area contributed by atoms with Crippen LogP contribution in [0.1, 0.15) is 11.1 Å². The third kappa shape index (κ3) is 3.06. The molecule has 0 saturated carbocycles. The van der Waals surface area contributed by atoms with E-state index in [9.17, 15) is 0 Å². The molecule has 0 radical (unpaired) electrons. The zero-order valence-electron chi connectivity index (χ0n) is 12.4. The third-order valence-corrected chi connectivity index (χ3v) is 4.21. The standard InChI is InChI=1S/C20H19P/c1-14-3-12-20(15(2)13-14)18-6-4-16(5-7-18)17-8-10-19(21)11-9-17/h3-13H,21H2,1-2H3.